The van der Waals surface area contributed by atoms with Crippen molar-refractivity contribution in [3.63, 3.8) is 0 Å². The van der Waals surface area contributed by atoms with Gasteiger partial charge in [0.25, 0.3) is 0 Å². The van der Waals surface area contributed by atoms with Crippen molar-refractivity contribution in [3.05, 3.63) is 29.0 Å². The van der Waals surface area contributed by atoms with Crippen molar-refractivity contribution in [2.24, 2.45) is 0 Å². The number of halogens is 1. The second-order valence-corrected chi connectivity index (χ2v) is 6.18. The molecule has 0 bridgehead atoms. The van der Waals surface area contributed by atoms with Gasteiger partial charge in [0, 0.05) is 37.6 Å². The molecule has 1 aromatic heterocycles. The van der Waals surface area contributed by atoms with Gasteiger partial charge in [0.1, 0.15) is 0 Å². The van der Waals surface area contributed by atoms with Gasteiger partial charge in [-0.3, -0.25) is 9.88 Å². The van der Waals surface area contributed by atoms with E-state index in [0.29, 0.717) is 6.04 Å². The van der Waals surface area contributed by atoms with Crippen LogP contribution in [-0.4, -0.2) is 35.1 Å². The number of pyridine rings is 1. The first-order valence-corrected chi connectivity index (χ1v) is 7.76. The summed E-state index contributed by atoms with van der Waals surface area (Å²) in [5.41, 5.74) is 1.20. The Bertz CT molecular complexity index is 420. The highest BCUT2D eigenvalue weighted by molar-refractivity contribution is 6.31. The number of nitrogens with zero attached hydrogens (tertiary/aromatic N) is 2. The molecule has 3 nitrogen and oxygen atoms in total. The lowest BCUT2D eigenvalue weighted by Crippen LogP contribution is -2.45. The molecule has 104 valence electrons. The molecule has 4 heteroatoms. The summed E-state index contributed by atoms with van der Waals surface area (Å²) in [5.74, 6) is 0. The Morgan fingerprint density at radius 2 is 2.21 bits per heavy atom. The van der Waals surface area contributed by atoms with E-state index in [2.05, 4.69) is 15.2 Å². The summed E-state index contributed by atoms with van der Waals surface area (Å²) in [7, 11) is 0. The number of hydrogen-bond donors (Lipinski definition) is 1. The van der Waals surface area contributed by atoms with E-state index in [1.54, 1.807) is 6.20 Å². The van der Waals surface area contributed by atoms with Crippen LogP contribution in [-0.2, 0) is 6.54 Å². The quantitative estimate of drug-likeness (QED) is 0.898. The summed E-state index contributed by atoms with van der Waals surface area (Å²) in [6, 6.07) is 3.51. The van der Waals surface area contributed by atoms with Crippen molar-refractivity contribution in [1.82, 2.24) is 15.2 Å². The second kappa shape index (κ2) is 6.21. The molecular weight excluding hydrogens is 258 g/mol. The first-order chi connectivity index (χ1) is 9.33. The molecule has 1 aromatic rings. The number of rotatable bonds is 5. The zero-order chi connectivity index (χ0) is 13.1. The van der Waals surface area contributed by atoms with Crippen LogP contribution in [0.3, 0.4) is 0 Å². The predicted molar refractivity (Wildman–Crippen MR) is 78.3 cm³/mol. The Morgan fingerprint density at radius 3 is 3.00 bits per heavy atom. The number of piperidine rings is 1. The zero-order valence-corrected chi connectivity index (χ0v) is 12.1. The van der Waals surface area contributed by atoms with E-state index in [-0.39, 0.29) is 0 Å². The van der Waals surface area contributed by atoms with Gasteiger partial charge in [-0.05, 0) is 43.9 Å². The van der Waals surface area contributed by atoms with Gasteiger partial charge in [-0.1, -0.05) is 18.0 Å². The minimum atomic E-state index is 0.665. The minimum Gasteiger partial charge on any atom is -0.312 e. The molecule has 0 radical (unpaired) electrons. The van der Waals surface area contributed by atoms with Crippen molar-refractivity contribution < 1.29 is 0 Å². The fourth-order valence-electron chi connectivity index (χ4n) is 2.84. The number of likely N-dealkylation sites (tertiary alicyclic amines) is 1. The molecule has 1 aliphatic carbocycles. The van der Waals surface area contributed by atoms with Crippen molar-refractivity contribution in [2.45, 2.75) is 50.7 Å². The third-order valence-electron chi connectivity index (χ3n) is 4.20. The molecule has 0 spiro atoms. The average Bonchev–Trinajstić information content (AvgIpc) is 3.24. The number of nitrogens with one attached hydrogen (secondary N) is 1. The maximum atomic E-state index is 6.22. The topological polar surface area (TPSA) is 28.2 Å². The third-order valence-corrected chi connectivity index (χ3v) is 4.54. The van der Waals surface area contributed by atoms with Crippen molar-refractivity contribution >= 4 is 11.6 Å². The van der Waals surface area contributed by atoms with Crippen LogP contribution in [0, 0.1) is 0 Å². The maximum Gasteiger partial charge on any atom is 0.0634 e. The second-order valence-electron chi connectivity index (χ2n) is 5.77. The zero-order valence-electron chi connectivity index (χ0n) is 11.3. The van der Waals surface area contributed by atoms with Crippen LogP contribution in [0.25, 0.3) is 0 Å². The summed E-state index contributed by atoms with van der Waals surface area (Å²) in [6.07, 6.45) is 10.3. The van der Waals surface area contributed by atoms with Gasteiger partial charge in [0.2, 0.25) is 0 Å². The minimum absolute atomic E-state index is 0.665. The van der Waals surface area contributed by atoms with Crippen LogP contribution in [0.4, 0.5) is 0 Å². The summed E-state index contributed by atoms with van der Waals surface area (Å²) in [6.45, 7) is 3.28. The Kier molecular flexibility index (Phi) is 4.36. The standard InChI is InChI=1S/C15H22ClN3/c16-15-10-17-7-6-12(15)11-19-8-2-1-3-14(19)9-18-13-4-5-13/h6-7,10,13-14,18H,1-5,8-9,11H2. The van der Waals surface area contributed by atoms with Crippen molar-refractivity contribution in [2.75, 3.05) is 13.1 Å². The van der Waals surface area contributed by atoms with Crippen molar-refractivity contribution in [1.29, 1.82) is 0 Å². The van der Waals surface area contributed by atoms with Crippen LogP contribution in [0.1, 0.15) is 37.7 Å². The van der Waals surface area contributed by atoms with Crippen LogP contribution in [0.5, 0.6) is 0 Å². The van der Waals surface area contributed by atoms with E-state index in [4.69, 9.17) is 11.6 Å². The van der Waals surface area contributed by atoms with E-state index in [0.717, 1.165) is 24.2 Å². The highest BCUT2D eigenvalue weighted by Gasteiger charge is 2.26. The molecule has 1 unspecified atom stereocenters. The molecule has 0 aromatic carbocycles. The summed E-state index contributed by atoms with van der Waals surface area (Å²) in [4.78, 5) is 6.65. The third kappa shape index (κ3) is 3.68. The molecule has 1 N–H and O–H groups in total. The van der Waals surface area contributed by atoms with Gasteiger partial charge in [-0.15, -0.1) is 0 Å². The Labute approximate surface area is 120 Å². The summed E-state index contributed by atoms with van der Waals surface area (Å²) < 4.78 is 0. The molecule has 3 rings (SSSR count). The molecule has 2 aliphatic rings. The average molecular weight is 280 g/mol. The molecule has 2 heterocycles. The molecular formula is C15H22ClN3. The molecule has 2 fully saturated rings. The van der Waals surface area contributed by atoms with E-state index in [1.807, 2.05) is 12.3 Å². The highest BCUT2D eigenvalue weighted by Crippen LogP contribution is 2.24. The molecule has 1 saturated carbocycles. The molecule has 1 atom stereocenters. The number of hydrogen-bond acceptors (Lipinski definition) is 3. The van der Waals surface area contributed by atoms with Gasteiger partial charge in [0.05, 0.1) is 5.02 Å². The lowest BCUT2D eigenvalue weighted by molar-refractivity contribution is 0.137. The summed E-state index contributed by atoms with van der Waals surface area (Å²) in [5, 5.41) is 4.46. The van der Waals surface area contributed by atoms with E-state index < -0.39 is 0 Å². The SMILES string of the molecule is Clc1cnccc1CN1CCCCC1CNC1CC1. The van der Waals surface area contributed by atoms with Crippen molar-refractivity contribution in [3.8, 4) is 0 Å². The fourth-order valence-corrected chi connectivity index (χ4v) is 3.02. The van der Waals surface area contributed by atoms with Gasteiger partial charge in [-0.2, -0.15) is 0 Å². The van der Waals surface area contributed by atoms with Crippen LogP contribution < -0.4 is 5.32 Å². The first-order valence-electron chi connectivity index (χ1n) is 7.39. The van der Waals surface area contributed by atoms with E-state index in [9.17, 15) is 0 Å². The molecule has 1 aliphatic heterocycles. The highest BCUT2D eigenvalue weighted by atomic mass is 35.5. The Hall–Kier alpha value is -0.640. The summed E-state index contributed by atoms with van der Waals surface area (Å²) >= 11 is 6.22. The lowest BCUT2D eigenvalue weighted by Gasteiger charge is -2.36. The van der Waals surface area contributed by atoms with E-state index in [1.165, 1.54) is 44.2 Å². The maximum absolute atomic E-state index is 6.22. The van der Waals surface area contributed by atoms with Gasteiger partial charge in [-0.25, -0.2) is 0 Å². The largest absolute Gasteiger partial charge is 0.312 e. The predicted octanol–water partition coefficient (Wildman–Crippen LogP) is 2.84. The Morgan fingerprint density at radius 1 is 1.32 bits per heavy atom. The van der Waals surface area contributed by atoms with Crippen LogP contribution >= 0.6 is 11.6 Å². The lowest BCUT2D eigenvalue weighted by atomic mass is 10.0. The van der Waals surface area contributed by atoms with Gasteiger partial charge < -0.3 is 5.32 Å². The smallest absolute Gasteiger partial charge is 0.0634 e. The normalized spacial score (nSPS) is 24.6. The fraction of sp³-hybridized carbons (Fsp3) is 0.667. The monoisotopic (exact) mass is 279 g/mol. The molecule has 1 saturated heterocycles. The van der Waals surface area contributed by atoms with Gasteiger partial charge >= 0.3 is 0 Å². The van der Waals surface area contributed by atoms with Gasteiger partial charge in [0.15, 0.2) is 0 Å². The molecule has 19 heavy (non-hydrogen) atoms. The van der Waals surface area contributed by atoms with Crippen LogP contribution in [0.2, 0.25) is 5.02 Å². The molecule has 0 amide bonds. The Balaban J connectivity index is 1.60. The number of aromatic nitrogens is 1. The van der Waals surface area contributed by atoms with E-state index >= 15 is 0 Å². The first kappa shape index (κ1) is 13.3. The van der Waals surface area contributed by atoms with Crippen LogP contribution in [0.15, 0.2) is 18.5 Å².